The van der Waals surface area contributed by atoms with Crippen molar-refractivity contribution in [3.8, 4) is 17.0 Å². The quantitative estimate of drug-likeness (QED) is 0.422. The zero-order valence-electron chi connectivity index (χ0n) is 21.1. The van der Waals surface area contributed by atoms with Crippen molar-refractivity contribution in [2.45, 2.75) is 33.7 Å². The molecule has 6 heteroatoms. The van der Waals surface area contributed by atoms with Crippen LogP contribution in [0.25, 0.3) is 11.3 Å². The number of aromatic nitrogens is 1. The molecule has 0 unspecified atom stereocenters. The SMILES string of the molecule is CCN(CCCN1CCN(c2ccc(C)cc2C)CC1)Cc1cc(-c2ccccc2OC)no1. The van der Waals surface area contributed by atoms with Crippen molar-refractivity contribution in [1.29, 1.82) is 0 Å². The van der Waals surface area contributed by atoms with Gasteiger partial charge in [0.15, 0.2) is 5.76 Å². The largest absolute Gasteiger partial charge is 0.496 e. The molecule has 0 amide bonds. The van der Waals surface area contributed by atoms with Crippen LogP contribution in [-0.4, -0.2) is 67.9 Å². The van der Waals surface area contributed by atoms with Crippen LogP contribution in [0.2, 0.25) is 0 Å². The van der Waals surface area contributed by atoms with Crippen molar-refractivity contribution in [1.82, 2.24) is 15.0 Å². The van der Waals surface area contributed by atoms with Gasteiger partial charge >= 0.3 is 0 Å². The first kappa shape index (κ1) is 24.3. The Morgan fingerprint density at radius 2 is 1.82 bits per heavy atom. The highest BCUT2D eigenvalue weighted by atomic mass is 16.5. The Labute approximate surface area is 204 Å². The van der Waals surface area contributed by atoms with Crippen LogP contribution in [0.5, 0.6) is 5.75 Å². The number of para-hydroxylation sites is 1. The van der Waals surface area contributed by atoms with Crippen LogP contribution >= 0.6 is 0 Å². The number of hydrogen-bond donors (Lipinski definition) is 0. The summed E-state index contributed by atoms with van der Waals surface area (Å²) in [5, 5.41) is 4.28. The number of piperazine rings is 1. The minimum atomic E-state index is 0.777. The molecule has 0 bridgehead atoms. The molecule has 2 heterocycles. The monoisotopic (exact) mass is 462 g/mol. The molecular weight excluding hydrogens is 424 g/mol. The lowest BCUT2D eigenvalue weighted by molar-refractivity contribution is 0.206. The Bertz CT molecular complexity index is 1060. The Balaban J connectivity index is 1.23. The van der Waals surface area contributed by atoms with Crippen LogP contribution < -0.4 is 9.64 Å². The van der Waals surface area contributed by atoms with E-state index < -0.39 is 0 Å². The Hall–Kier alpha value is -2.83. The van der Waals surface area contributed by atoms with Gasteiger partial charge in [-0.1, -0.05) is 41.9 Å². The Morgan fingerprint density at radius 3 is 2.56 bits per heavy atom. The van der Waals surface area contributed by atoms with Gasteiger partial charge in [-0.2, -0.15) is 0 Å². The van der Waals surface area contributed by atoms with Gasteiger partial charge in [0.05, 0.1) is 13.7 Å². The maximum atomic E-state index is 5.65. The molecule has 0 N–H and O–H groups in total. The van der Waals surface area contributed by atoms with E-state index >= 15 is 0 Å². The smallest absolute Gasteiger partial charge is 0.151 e. The van der Waals surface area contributed by atoms with Gasteiger partial charge in [-0.15, -0.1) is 0 Å². The van der Waals surface area contributed by atoms with E-state index in [2.05, 4.69) is 58.8 Å². The third-order valence-electron chi connectivity index (χ3n) is 6.78. The molecule has 3 aromatic rings. The third kappa shape index (κ3) is 5.99. The highest BCUT2D eigenvalue weighted by Crippen LogP contribution is 2.29. The van der Waals surface area contributed by atoms with Gasteiger partial charge in [-0.05, 0) is 63.7 Å². The van der Waals surface area contributed by atoms with E-state index in [1.54, 1.807) is 7.11 Å². The fraction of sp³-hybridized carbons (Fsp3) is 0.464. The molecule has 1 aliphatic rings. The first-order valence-electron chi connectivity index (χ1n) is 12.4. The van der Waals surface area contributed by atoms with E-state index in [9.17, 15) is 0 Å². The second kappa shape index (κ2) is 11.5. The summed E-state index contributed by atoms with van der Waals surface area (Å²) in [7, 11) is 1.68. The van der Waals surface area contributed by atoms with Crippen LogP contribution in [0, 0.1) is 13.8 Å². The van der Waals surface area contributed by atoms with Gasteiger partial charge in [0.2, 0.25) is 0 Å². The molecule has 1 aliphatic heterocycles. The summed E-state index contributed by atoms with van der Waals surface area (Å²) >= 11 is 0. The average molecular weight is 463 g/mol. The van der Waals surface area contributed by atoms with Crippen molar-refractivity contribution in [3.63, 3.8) is 0 Å². The molecule has 0 aliphatic carbocycles. The summed E-state index contributed by atoms with van der Waals surface area (Å²) in [5.41, 5.74) is 5.89. The molecule has 34 heavy (non-hydrogen) atoms. The summed E-state index contributed by atoms with van der Waals surface area (Å²) in [5.74, 6) is 1.71. The molecule has 4 rings (SSSR count). The molecule has 0 spiro atoms. The highest BCUT2D eigenvalue weighted by molar-refractivity contribution is 5.66. The standard InChI is InChI=1S/C28H38N4O2/c1-5-30(21-24-20-26(29-34-24)25-9-6-7-10-28(25)33-4)13-8-14-31-15-17-32(18-16-31)27-12-11-22(2)19-23(27)3/h6-7,9-12,19-20H,5,8,13-18,21H2,1-4H3. The number of nitrogens with zero attached hydrogens (tertiary/aromatic N) is 4. The molecule has 2 aromatic carbocycles. The maximum Gasteiger partial charge on any atom is 0.151 e. The predicted molar refractivity (Wildman–Crippen MR) is 139 cm³/mol. The number of aryl methyl sites for hydroxylation is 2. The van der Waals surface area contributed by atoms with Crippen molar-refractivity contribution in [2.75, 3.05) is 57.8 Å². The number of rotatable bonds is 10. The van der Waals surface area contributed by atoms with Crippen LogP contribution in [0.4, 0.5) is 5.69 Å². The van der Waals surface area contributed by atoms with E-state index in [1.807, 2.05) is 30.3 Å². The summed E-state index contributed by atoms with van der Waals surface area (Å²) in [6.07, 6.45) is 1.16. The topological polar surface area (TPSA) is 45.0 Å². The average Bonchev–Trinajstić information content (AvgIpc) is 3.32. The summed E-state index contributed by atoms with van der Waals surface area (Å²) < 4.78 is 11.1. The van der Waals surface area contributed by atoms with Gasteiger partial charge in [0, 0.05) is 43.5 Å². The van der Waals surface area contributed by atoms with Crippen LogP contribution in [0.15, 0.2) is 53.1 Å². The molecule has 1 aromatic heterocycles. The molecule has 6 nitrogen and oxygen atoms in total. The molecule has 182 valence electrons. The highest BCUT2D eigenvalue weighted by Gasteiger charge is 2.19. The number of methoxy groups -OCH3 is 1. The first-order valence-corrected chi connectivity index (χ1v) is 12.4. The number of anilines is 1. The maximum absolute atomic E-state index is 5.65. The fourth-order valence-corrected chi connectivity index (χ4v) is 4.83. The van der Waals surface area contributed by atoms with E-state index in [1.165, 1.54) is 16.8 Å². The zero-order chi connectivity index (χ0) is 23.9. The lowest BCUT2D eigenvalue weighted by Gasteiger charge is -2.37. The normalized spacial score (nSPS) is 14.7. The minimum absolute atomic E-state index is 0.777. The van der Waals surface area contributed by atoms with Crippen LogP contribution in [0.3, 0.4) is 0 Å². The van der Waals surface area contributed by atoms with Gasteiger partial charge in [0.1, 0.15) is 11.4 Å². The first-order chi connectivity index (χ1) is 16.6. The molecular formula is C28H38N4O2. The van der Waals surface area contributed by atoms with Crippen molar-refractivity contribution in [2.24, 2.45) is 0 Å². The molecule has 0 radical (unpaired) electrons. The van der Waals surface area contributed by atoms with Crippen molar-refractivity contribution >= 4 is 5.69 Å². The van der Waals surface area contributed by atoms with E-state index in [4.69, 9.17) is 9.26 Å². The second-order valence-corrected chi connectivity index (χ2v) is 9.22. The third-order valence-corrected chi connectivity index (χ3v) is 6.78. The lowest BCUT2D eigenvalue weighted by atomic mass is 10.1. The fourth-order valence-electron chi connectivity index (χ4n) is 4.83. The van der Waals surface area contributed by atoms with E-state index in [0.717, 1.165) is 81.5 Å². The van der Waals surface area contributed by atoms with Crippen molar-refractivity contribution < 1.29 is 9.26 Å². The van der Waals surface area contributed by atoms with E-state index in [-0.39, 0.29) is 0 Å². The van der Waals surface area contributed by atoms with Crippen LogP contribution in [-0.2, 0) is 6.54 Å². The summed E-state index contributed by atoms with van der Waals surface area (Å²) in [6.45, 7) is 15.0. The lowest BCUT2D eigenvalue weighted by Crippen LogP contribution is -2.47. The van der Waals surface area contributed by atoms with Gasteiger partial charge in [-0.25, -0.2) is 0 Å². The number of ether oxygens (including phenoxy) is 1. The van der Waals surface area contributed by atoms with Crippen molar-refractivity contribution in [3.05, 3.63) is 65.4 Å². The second-order valence-electron chi connectivity index (χ2n) is 9.22. The van der Waals surface area contributed by atoms with E-state index in [0.29, 0.717) is 0 Å². The predicted octanol–water partition coefficient (Wildman–Crippen LogP) is 5.00. The minimum Gasteiger partial charge on any atom is -0.496 e. The molecule has 1 saturated heterocycles. The van der Waals surface area contributed by atoms with Gasteiger partial charge in [-0.3, -0.25) is 9.80 Å². The number of hydrogen-bond acceptors (Lipinski definition) is 6. The van der Waals surface area contributed by atoms with Crippen LogP contribution in [0.1, 0.15) is 30.2 Å². The molecule has 1 fully saturated rings. The Kier molecular flexibility index (Phi) is 8.25. The Morgan fingerprint density at radius 1 is 1.03 bits per heavy atom. The summed E-state index contributed by atoms with van der Waals surface area (Å²) in [4.78, 5) is 7.56. The number of benzene rings is 2. The summed E-state index contributed by atoms with van der Waals surface area (Å²) in [6, 6.07) is 16.7. The zero-order valence-corrected chi connectivity index (χ0v) is 21.1. The van der Waals surface area contributed by atoms with Gasteiger partial charge in [0.25, 0.3) is 0 Å². The molecule has 0 atom stereocenters. The van der Waals surface area contributed by atoms with Gasteiger partial charge < -0.3 is 14.2 Å². The molecule has 0 saturated carbocycles.